The van der Waals surface area contributed by atoms with E-state index in [0.29, 0.717) is 18.4 Å². The molecule has 26 heavy (non-hydrogen) atoms. The summed E-state index contributed by atoms with van der Waals surface area (Å²) in [5, 5.41) is 11.8. The second-order valence-corrected chi connectivity index (χ2v) is 6.01. The summed E-state index contributed by atoms with van der Waals surface area (Å²) in [7, 11) is 0. The third-order valence-corrected chi connectivity index (χ3v) is 4.05. The molecule has 138 valence electrons. The van der Waals surface area contributed by atoms with Gasteiger partial charge in [0.25, 0.3) is 5.91 Å². The largest absolute Gasteiger partial charge is 0.452 e. The Hall–Kier alpha value is -2.82. The molecule has 1 aliphatic rings. The van der Waals surface area contributed by atoms with Crippen molar-refractivity contribution < 1.29 is 27.5 Å². The van der Waals surface area contributed by atoms with Gasteiger partial charge >= 0.3 is 12.1 Å². The first-order chi connectivity index (χ1) is 12.2. The molecular weight excluding hydrogens is 349 g/mol. The van der Waals surface area contributed by atoms with Gasteiger partial charge in [0.05, 0.1) is 11.6 Å². The van der Waals surface area contributed by atoms with E-state index >= 15 is 0 Å². The monoisotopic (exact) mass is 366 g/mol. The van der Waals surface area contributed by atoms with Gasteiger partial charge in [0.1, 0.15) is 5.54 Å². The average molecular weight is 366 g/mol. The van der Waals surface area contributed by atoms with Crippen LogP contribution >= 0.6 is 0 Å². The highest BCUT2D eigenvalue weighted by molar-refractivity contribution is 5.89. The van der Waals surface area contributed by atoms with Gasteiger partial charge in [-0.2, -0.15) is 18.4 Å². The van der Waals surface area contributed by atoms with Crippen LogP contribution in [-0.2, 0) is 20.5 Å². The number of amides is 1. The minimum absolute atomic E-state index is 0.383. The summed E-state index contributed by atoms with van der Waals surface area (Å²) in [6.07, 6.45) is 0.718. The predicted molar refractivity (Wildman–Crippen MR) is 86.4 cm³/mol. The van der Waals surface area contributed by atoms with Gasteiger partial charge in [0.2, 0.25) is 0 Å². The van der Waals surface area contributed by atoms with Crippen LogP contribution in [-0.4, -0.2) is 24.0 Å². The van der Waals surface area contributed by atoms with Gasteiger partial charge in [0, 0.05) is 6.08 Å². The minimum Gasteiger partial charge on any atom is -0.452 e. The van der Waals surface area contributed by atoms with Crippen molar-refractivity contribution in [2.45, 2.75) is 37.4 Å². The van der Waals surface area contributed by atoms with Crippen LogP contribution in [0.2, 0.25) is 0 Å². The SMILES string of the molecule is N#CC1(NC(=O)COC(=O)/C=C/c2ccc(C(F)(F)F)cc2)CCCC1. The maximum atomic E-state index is 12.5. The zero-order valence-electron chi connectivity index (χ0n) is 13.8. The Kier molecular flexibility index (Phi) is 6.03. The Balaban J connectivity index is 1.82. The molecule has 1 N–H and O–H groups in total. The summed E-state index contributed by atoms with van der Waals surface area (Å²) in [4.78, 5) is 23.4. The molecule has 0 atom stereocenters. The van der Waals surface area contributed by atoms with E-state index in [1.165, 1.54) is 18.2 Å². The molecule has 1 aromatic rings. The number of hydrogen-bond donors (Lipinski definition) is 1. The second kappa shape index (κ2) is 8.04. The average Bonchev–Trinajstić information content (AvgIpc) is 3.06. The molecule has 1 aromatic carbocycles. The zero-order valence-corrected chi connectivity index (χ0v) is 13.8. The maximum absolute atomic E-state index is 12.5. The number of alkyl halides is 3. The van der Waals surface area contributed by atoms with Crippen LogP contribution in [0.25, 0.3) is 6.08 Å². The van der Waals surface area contributed by atoms with E-state index in [9.17, 15) is 22.8 Å². The molecule has 1 fully saturated rings. The number of carbonyl (C=O) groups excluding carboxylic acids is 2. The lowest BCUT2D eigenvalue weighted by atomic mass is 10.00. The third kappa shape index (κ3) is 5.34. The Morgan fingerprint density at radius 1 is 1.23 bits per heavy atom. The fraction of sp³-hybridized carbons (Fsp3) is 0.389. The van der Waals surface area contributed by atoms with Crippen molar-refractivity contribution in [1.82, 2.24) is 5.32 Å². The Bertz CT molecular complexity index is 728. The lowest BCUT2D eigenvalue weighted by Crippen LogP contribution is -2.46. The van der Waals surface area contributed by atoms with E-state index in [0.717, 1.165) is 31.1 Å². The molecule has 8 heteroatoms. The van der Waals surface area contributed by atoms with Crippen molar-refractivity contribution in [2.24, 2.45) is 0 Å². The van der Waals surface area contributed by atoms with Crippen LogP contribution in [0.4, 0.5) is 13.2 Å². The molecule has 5 nitrogen and oxygen atoms in total. The lowest BCUT2D eigenvalue weighted by Gasteiger charge is -2.21. The molecular formula is C18H17F3N2O3. The smallest absolute Gasteiger partial charge is 0.416 e. The van der Waals surface area contributed by atoms with Crippen LogP contribution in [0.1, 0.15) is 36.8 Å². The molecule has 0 spiro atoms. The summed E-state index contributed by atoms with van der Waals surface area (Å²) in [5.41, 5.74) is -1.29. The zero-order chi connectivity index (χ0) is 19.2. The summed E-state index contributed by atoms with van der Waals surface area (Å²) in [6, 6.07) is 6.34. The van der Waals surface area contributed by atoms with Gasteiger partial charge in [-0.25, -0.2) is 4.79 Å². The van der Waals surface area contributed by atoms with E-state index in [1.54, 1.807) is 0 Å². The Labute approximate surface area is 148 Å². The Morgan fingerprint density at radius 2 is 1.85 bits per heavy atom. The highest BCUT2D eigenvalue weighted by atomic mass is 19.4. The second-order valence-electron chi connectivity index (χ2n) is 6.01. The van der Waals surface area contributed by atoms with Gasteiger partial charge in [-0.15, -0.1) is 0 Å². The highest BCUT2D eigenvalue weighted by Gasteiger charge is 2.35. The van der Waals surface area contributed by atoms with Crippen molar-refractivity contribution in [3.05, 3.63) is 41.5 Å². The molecule has 0 heterocycles. The number of esters is 1. The molecule has 0 unspecified atom stereocenters. The van der Waals surface area contributed by atoms with Crippen LogP contribution in [0.3, 0.4) is 0 Å². The third-order valence-electron chi connectivity index (χ3n) is 4.05. The molecule has 0 bridgehead atoms. The molecule has 1 saturated carbocycles. The first-order valence-electron chi connectivity index (χ1n) is 7.98. The normalized spacial score (nSPS) is 16.2. The number of rotatable bonds is 5. The van der Waals surface area contributed by atoms with Crippen molar-refractivity contribution in [2.75, 3.05) is 6.61 Å². The number of ether oxygens (including phenoxy) is 1. The number of hydrogen-bond acceptors (Lipinski definition) is 4. The molecule has 0 aliphatic heterocycles. The van der Waals surface area contributed by atoms with Crippen LogP contribution in [0.5, 0.6) is 0 Å². The van der Waals surface area contributed by atoms with Gasteiger partial charge in [-0.1, -0.05) is 12.1 Å². The number of benzene rings is 1. The molecule has 2 rings (SSSR count). The quantitative estimate of drug-likeness (QED) is 0.641. The van der Waals surface area contributed by atoms with Gasteiger partial charge in [0.15, 0.2) is 6.61 Å². The van der Waals surface area contributed by atoms with E-state index in [1.807, 2.05) is 0 Å². The van der Waals surface area contributed by atoms with Crippen LogP contribution in [0.15, 0.2) is 30.3 Å². The minimum atomic E-state index is -4.42. The highest BCUT2D eigenvalue weighted by Crippen LogP contribution is 2.29. The topological polar surface area (TPSA) is 79.2 Å². The fourth-order valence-corrected chi connectivity index (χ4v) is 2.68. The number of nitriles is 1. The van der Waals surface area contributed by atoms with Gasteiger partial charge in [-0.05, 0) is 49.5 Å². The fourth-order valence-electron chi connectivity index (χ4n) is 2.68. The van der Waals surface area contributed by atoms with Gasteiger partial charge in [-0.3, -0.25) is 4.79 Å². The van der Waals surface area contributed by atoms with Crippen LogP contribution < -0.4 is 5.32 Å². The van der Waals surface area contributed by atoms with E-state index in [4.69, 9.17) is 10.00 Å². The number of halogens is 3. The van der Waals surface area contributed by atoms with E-state index in [-0.39, 0.29) is 0 Å². The predicted octanol–water partition coefficient (Wildman–Crippen LogP) is 3.21. The van der Waals surface area contributed by atoms with E-state index in [2.05, 4.69) is 11.4 Å². The number of nitrogens with one attached hydrogen (secondary N) is 1. The lowest BCUT2D eigenvalue weighted by molar-refractivity contribution is -0.144. The number of carbonyl (C=O) groups is 2. The van der Waals surface area contributed by atoms with Crippen molar-refractivity contribution in [1.29, 1.82) is 5.26 Å². The molecule has 0 radical (unpaired) electrons. The summed E-state index contributed by atoms with van der Waals surface area (Å²) in [6.45, 7) is -0.528. The first-order valence-corrected chi connectivity index (χ1v) is 7.98. The van der Waals surface area contributed by atoms with E-state index < -0.39 is 35.8 Å². The molecule has 1 amide bonds. The molecule has 1 aliphatic carbocycles. The van der Waals surface area contributed by atoms with Crippen molar-refractivity contribution >= 4 is 18.0 Å². The molecule has 0 saturated heterocycles. The summed E-state index contributed by atoms with van der Waals surface area (Å²) < 4.78 is 42.1. The molecule has 0 aromatic heterocycles. The standard InChI is InChI=1S/C18H17F3N2O3/c19-18(20,21)14-6-3-13(4-7-14)5-8-16(25)26-11-15(24)23-17(12-22)9-1-2-10-17/h3-8H,1-2,9-11H2,(H,23,24)/b8-5+. The van der Waals surface area contributed by atoms with Crippen molar-refractivity contribution in [3.63, 3.8) is 0 Å². The summed E-state index contributed by atoms with van der Waals surface area (Å²) in [5.74, 6) is -1.37. The van der Waals surface area contributed by atoms with Crippen molar-refractivity contribution in [3.8, 4) is 6.07 Å². The maximum Gasteiger partial charge on any atom is 0.416 e. The van der Waals surface area contributed by atoms with Gasteiger partial charge < -0.3 is 10.1 Å². The first kappa shape index (κ1) is 19.5. The summed E-state index contributed by atoms with van der Waals surface area (Å²) >= 11 is 0. The van der Waals surface area contributed by atoms with Crippen LogP contribution in [0, 0.1) is 11.3 Å². The number of nitrogens with zero attached hydrogens (tertiary/aromatic N) is 1. The Morgan fingerprint density at radius 3 is 2.38 bits per heavy atom.